The van der Waals surface area contributed by atoms with Gasteiger partial charge in [0, 0.05) is 23.8 Å². The minimum atomic E-state index is 0.610. The molecule has 0 atom stereocenters. The molecule has 1 aromatic heterocycles. The van der Waals surface area contributed by atoms with Crippen LogP contribution in [0.5, 0.6) is 11.5 Å². The lowest BCUT2D eigenvalue weighted by Crippen LogP contribution is -2.02. The number of aromatic nitrogens is 3. The molecule has 0 saturated heterocycles. The molecule has 0 aliphatic heterocycles. The summed E-state index contributed by atoms with van der Waals surface area (Å²) in [5.74, 6) is 4.15. The number of halogens is 1. The highest BCUT2D eigenvalue weighted by atomic mass is 79.9. The van der Waals surface area contributed by atoms with Crippen LogP contribution in [0.25, 0.3) is 0 Å². The first-order valence-corrected chi connectivity index (χ1v) is 9.42. The second-order valence-corrected chi connectivity index (χ2v) is 7.24. The largest absolute Gasteiger partial charge is 0.496 e. The van der Waals surface area contributed by atoms with Crippen molar-refractivity contribution in [1.82, 2.24) is 14.8 Å². The molecule has 1 saturated carbocycles. The van der Waals surface area contributed by atoms with Crippen LogP contribution >= 0.6 is 27.7 Å². The topological polar surface area (TPSA) is 49.2 Å². The number of hydrogen-bond acceptors (Lipinski definition) is 5. The average Bonchev–Trinajstić information content (AvgIpc) is 3.33. The molecule has 3 rings (SSSR count). The maximum atomic E-state index is 5.48. The van der Waals surface area contributed by atoms with E-state index in [1.165, 1.54) is 12.8 Å². The van der Waals surface area contributed by atoms with E-state index in [1.807, 2.05) is 12.1 Å². The van der Waals surface area contributed by atoms with Gasteiger partial charge in [-0.1, -0.05) is 11.8 Å². The third-order valence-electron chi connectivity index (χ3n) is 3.92. The Morgan fingerprint density at radius 3 is 2.57 bits per heavy atom. The predicted octanol–water partition coefficient (Wildman–Crippen LogP) is 4.25. The van der Waals surface area contributed by atoms with Gasteiger partial charge < -0.3 is 14.0 Å². The van der Waals surface area contributed by atoms with Gasteiger partial charge in [0.25, 0.3) is 0 Å². The summed E-state index contributed by atoms with van der Waals surface area (Å²) in [7, 11) is 3.35. The summed E-state index contributed by atoms with van der Waals surface area (Å²) >= 11 is 5.17. The number of ether oxygens (including phenoxy) is 2. The van der Waals surface area contributed by atoms with Crippen LogP contribution in [0.3, 0.4) is 0 Å². The summed E-state index contributed by atoms with van der Waals surface area (Å²) in [6, 6.07) is 3.94. The third kappa shape index (κ3) is 3.50. The summed E-state index contributed by atoms with van der Waals surface area (Å²) in [6.45, 7) is 3.05. The van der Waals surface area contributed by atoms with Gasteiger partial charge in [-0.05, 0) is 47.8 Å². The standard InChI is InChI=1S/C16H20BrN3O2S/c1-4-20-15(10-5-6-10)18-19-16(20)23-9-11-7-14(22-3)12(17)8-13(11)21-2/h7-8,10H,4-6,9H2,1-3H3. The van der Waals surface area contributed by atoms with Crippen molar-refractivity contribution in [3.63, 3.8) is 0 Å². The lowest BCUT2D eigenvalue weighted by molar-refractivity contribution is 0.398. The molecule has 0 unspecified atom stereocenters. The molecule has 1 aliphatic carbocycles. The molecular formula is C16H20BrN3O2S. The molecular weight excluding hydrogens is 378 g/mol. The lowest BCUT2D eigenvalue weighted by atomic mass is 10.2. The number of hydrogen-bond donors (Lipinski definition) is 0. The van der Waals surface area contributed by atoms with Gasteiger partial charge in [-0.2, -0.15) is 0 Å². The van der Waals surface area contributed by atoms with E-state index < -0.39 is 0 Å². The van der Waals surface area contributed by atoms with Gasteiger partial charge in [0.1, 0.15) is 17.3 Å². The summed E-state index contributed by atoms with van der Waals surface area (Å²) in [6.07, 6.45) is 2.47. The minimum Gasteiger partial charge on any atom is -0.496 e. The van der Waals surface area contributed by atoms with Crippen LogP contribution in [-0.4, -0.2) is 29.0 Å². The Labute approximate surface area is 148 Å². The van der Waals surface area contributed by atoms with Gasteiger partial charge in [0.15, 0.2) is 5.16 Å². The van der Waals surface area contributed by atoms with Gasteiger partial charge in [0.05, 0.1) is 18.7 Å². The van der Waals surface area contributed by atoms with E-state index in [0.29, 0.717) is 5.92 Å². The maximum absolute atomic E-state index is 5.48. The van der Waals surface area contributed by atoms with E-state index in [-0.39, 0.29) is 0 Å². The highest BCUT2D eigenvalue weighted by molar-refractivity contribution is 9.10. The fourth-order valence-corrected chi connectivity index (χ4v) is 4.00. The summed E-state index contributed by atoms with van der Waals surface area (Å²) < 4.78 is 14.0. The molecule has 0 N–H and O–H groups in total. The molecule has 1 fully saturated rings. The number of thioether (sulfide) groups is 1. The van der Waals surface area contributed by atoms with Gasteiger partial charge >= 0.3 is 0 Å². The van der Waals surface area contributed by atoms with Crippen LogP contribution in [0, 0.1) is 0 Å². The number of nitrogens with zero attached hydrogens (tertiary/aromatic N) is 3. The molecule has 0 spiro atoms. The zero-order valence-electron chi connectivity index (χ0n) is 13.5. The van der Waals surface area contributed by atoms with E-state index in [0.717, 1.165) is 44.8 Å². The molecule has 0 bridgehead atoms. The Morgan fingerprint density at radius 2 is 1.96 bits per heavy atom. The SMILES string of the molecule is CCn1c(SCc2cc(OC)c(Br)cc2OC)nnc1C1CC1. The second-order valence-electron chi connectivity index (χ2n) is 5.45. The van der Waals surface area contributed by atoms with Crippen LogP contribution in [0.1, 0.15) is 37.1 Å². The fraction of sp³-hybridized carbons (Fsp3) is 0.500. The summed E-state index contributed by atoms with van der Waals surface area (Å²) in [5.41, 5.74) is 1.08. The third-order valence-corrected chi connectivity index (χ3v) is 5.55. The normalized spacial score (nSPS) is 14.1. The quantitative estimate of drug-likeness (QED) is 0.653. The van der Waals surface area contributed by atoms with Crippen molar-refractivity contribution in [3.05, 3.63) is 28.0 Å². The first-order valence-electron chi connectivity index (χ1n) is 7.64. The zero-order chi connectivity index (χ0) is 16.4. The van der Waals surface area contributed by atoms with Crippen molar-refractivity contribution < 1.29 is 9.47 Å². The van der Waals surface area contributed by atoms with Crippen LogP contribution in [0.15, 0.2) is 21.8 Å². The van der Waals surface area contributed by atoms with Crippen molar-refractivity contribution in [1.29, 1.82) is 0 Å². The maximum Gasteiger partial charge on any atom is 0.191 e. The van der Waals surface area contributed by atoms with E-state index in [1.54, 1.807) is 26.0 Å². The van der Waals surface area contributed by atoms with E-state index in [2.05, 4.69) is 37.6 Å². The van der Waals surface area contributed by atoms with Crippen molar-refractivity contribution in [3.8, 4) is 11.5 Å². The average molecular weight is 398 g/mol. The predicted molar refractivity (Wildman–Crippen MR) is 94.5 cm³/mol. The molecule has 124 valence electrons. The fourth-order valence-electron chi connectivity index (χ4n) is 2.53. The van der Waals surface area contributed by atoms with Gasteiger partial charge in [-0.25, -0.2) is 0 Å². The number of benzene rings is 1. The van der Waals surface area contributed by atoms with Gasteiger partial charge in [0.2, 0.25) is 0 Å². The van der Waals surface area contributed by atoms with Gasteiger partial charge in [-0.15, -0.1) is 10.2 Å². The number of rotatable bonds is 7. The van der Waals surface area contributed by atoms with E-state index in [9.17, 15) is 0 Å². The van der Waals surface area contributed by atoms with Crippen LogP contribution in [0.2, 0.25) is 0 Å². The summed E-state index contributed by atoms with van der Waals surface area (Å²) in [4.78, 5) is 0. The first-order chi connectivity index (χ1) is 11.2. The summed E-state index contributed by atoms with van der Waals surface area (Å²) in [5, 5.41) is 9.72. The highest BCUT2D eigenvalue weighted by Gasteiger charge is 2.30. The first kappa shape index (κ1) is 16.6. The van der Waals surface area contributed by atoms with Crippen LogP contribution < -0.4 is 9.47 Å². The van der Waals surface area contributed by atoms with E-state index in [4.69, 9.17) is 9.47 Å². The van der Waals surface area contributed by atoms with Crippen molar-refractivity contribution in [2.45, 2.75) is 43.1 Å². The minimum absolute atomic E-state index is 0.610. The molecule has 23 heavy (non-hydrogen) atoms. The smallest absolute Gasteiger partial charge is 0.191 e. The van der Waals surface area contributed by atoms with Crippen molar-refractivity contribution >= 4 is 27.7 Å². The van der Waals surface area contributed by atoms with Crippen molar-refractivity contribution in [2.75, 3.05) is 14.2 Å². The molecule has 7 heteroatoms. The Morgan fingerprint density at radius 1 is 1.22 bits per heavy atom. The Hall–Kier alpha value is -1.21. The second kappa shape index (κ2) is 7.13. The molecule has 1 aliphatic rings. The number of methoxy groups -OCH3 is 2. The lowest BCUT2D eigenvalue weighted by Gasteiger charge is -2.12. The Bertz CT molecular complexity index is 701. The van der Waals surface area contributed by atoms with Crippen LogP contribution in [0.4, 0.5) is 0 Å². The molecule has 2 aromatic rings. The molecule has 1 aromatic carbocycles. The molecule has 0 amide bonds. The monoisotopic (exact) mass is 397 g/mol. The van der Waals surface area contributed by atoms with Crippen molar-refractivity contribution in [2.24, 2.45) is 0 Å². The van der Waals surface area contributed by atoms with Gasteiger partial charge in [-0.3, -0.25) is 0 Å². The Kier molecular flexibility index (Phi) is 5.16. The van der Waals surface area contributed by atoms with Crippen LogP contribution in [-0.2, 0) is 12.3 Å². The zero-order valence-corrected chi connectivity index (χ0v) is 15.9. The Balaban J connectivity index is 1.80. The molecule has 5 nitrogen and oxygen atoms in total. The highest BCUT2D eigenvalue weighted by Crippen LogP contribution is 2.41. The van der Waals surface area contributed by atoms with E-state index >= 15 is 0 Å². The molecule has 0 radical (unpaired) electrons. The molecule has 1 heterocycles.